The van der Waals surface area contributed by atoms with Crippen LogP contribution in [-0.4, -0.2) is 12.7 Å². The highest BCUT2D eigenvalue weighted by molar-refractivity contribution is 9.09. The summed E-state index contributed by atoms with van der Waals surface area (Å²) < 4.78 is 18.9. The van der Waals surface area contributed by atoms with E-state index in [0.717, 1.165) is 25.0 Å². The summed E-state index contributed by atoms with van der Waals surface area (Å²) in [7, 11) is 0. The van der Waals surface area contributed by atoms with E-state index in [-0.39, 0.29) is 5.82 Å². The van der Waals surface area contributed by atoms with Crippen molar-refractivity contribution in [3.63, 3.8) is 0 Å². The van der Waals surface area contributed by atoms with Crippen LogP contribution >= 0.6 is 15.9 Å². The highest BCUT2D eigenvalue weighted by atomic mass is 79.9. The summed E-state index contributed by atoms with van der Waals surface area (Å²) in [6.45, 7) is 2.72. The van der Waals surface area contributed by atoms with Gasteiger partial charge in [0.25, 0.3) is 0 Å². The molecule has 1 aliphatic rings. The second kappa shape index (κ2) is 6.67. The lowest BCUT2D eigenvalue weighted by Crippen LogP contribution is -2.19. The molecule has 0 spiro atoms. The molecule has 0 bridgehead atoms. The van der Waals surface area contributed by atoms with E-state index in [1.807, 2.05) is 19.1 Å². The van der Waals surface area contributed by atoms with Gasteiger partial charge >= 0.3 is 0 Å². The molecular formula is C15H20BrFO. The number of hydrogen-bond acceptors (Lipinski definition) is 1. The Hall–Kier alpha value is -0.410. The summed E-state index contributed by atoms with van der Waals surface area (Å²) in [4.78, 5) is 0.294. The van der Waals surface area contributed by atoms with Gasteiger partial charge in [-0.05, 0) is 56.2 Å². The van der Waals surface area contributed by atoms with Gasteiger partial charge in [0.15, 0.2) is 0 Å². The lowest BCUT2D eigenvalue weighted by molar-refractivity contribution is 0.0102. The van der Waals surface area contributed by atoms with E-state index in [1.165, 1.54) is 19.3 Å². The molecule has 2 unspecified atom stereocenters. The number of ether oxygens (including phenoxy) is 1. The molecule has 3 heteroatoms. The summed E-state index contributed by atoms with van der Waals surface area (Å²) in [6.07, 6.45) is 6.20. The normalized spacial score (nSPS) is 21.8. The lowest BCUT2D eigenvalue weighted by Gasteiger charge is -2.23. The molecule has 1 aromatic carbocycles. The number of aryl methyl sites for hydroxylation is 1. The Morgan fingerprint density at radius 1 is 1.44 bits per heavy atom. The first kappa shape index (κ1) is 14.0. The minimum Gasteiger partial charge on any atom is -0.378 e. The topological polar surface area (TPSA) is 9.23 Å². The van der Waals surface area contributed by atoms with Crippen LogP contribution in [-0.2, 0) is 4.74 Å². The molecule has 1 nitrogen and oxygen atoms in total. The molecule has 2 rings (SSSR count). The number of benzene rings is 1. The zero-order valence-corrected chi connectivity index (χ0v) is 12.4. The fourth-order valence-corrected chi connectivity index (χ4v) is 2.95. The summed E-state index contributed by atoms with van der Waals surface area (Å²) in [5, 5.41) is 0. The first-order valence-electron chi connectivity index (χ1n) is 6.68. The Morgan fingerprint density at radius 3 is 2.94 bits per heavy atom. The van der Waals surface area contributed by atoms with Gasteiger partial charge in [-0.15, -0.1) is 0 Å². The van der Waals surface area contributed by atoms with Crippen molar-refractivity contribution >= 4 is 15.9 Å². The average Bonchev–Trinajstić information content (AvgIpc) is 2.40. The fraction of sp³-hybridized carbons (Fsp3) is 0.600. The molecule has 0 radical (unpaired) electrons. The van der Waals surface area contributed by atoms with Gasteiger partial charge in [0.05, 0.1) is 6.10 Å². The van der Waals surface area contributed by atoms with E-state index in [0.29, 0.717) is 16.5 Å². The molecule has 1 heterocycles. The van der Waals surface area contributed by atoms with Crippen LogP contribution in [0.25, 0.3) is 0 Å². The molecule has 1 aliphatic heterocycles. The van der Waals surface area contributed by atoms with E-state index in [4.69, 9.17) is 4.74 Å². The highest BCUT2D eigenvalue weighted by Gasteiger charge is 2.16. The number of halogens is 2. The minimum atomic E-state index is -0.130. The molecule has 0 saturated carbocycles. The van der Waals surface area contributed by atoms with Crippen LogP contribution < -0.4 is 0 Å². The molecule has 1 aromatic rings. The molecule has 1 fully saturated rings. The Kier molecular flexibility index (Phi) is 5.19. The lowest BCUT2D eigenvalue weighted by atomic mass is 10.0. The van der Waals surface area contributed by atoms with Gasteiger partial charge in [0.2, 0.25) is 0 Å². The van der Waals surface area contributed by atoms with E-state index in [2.05, 4.69) is 15.9 Å². The second-order valence-electron chi connectivity index (χ2n) is 5.04. The molecule has 0 amide bonds. The summed E-state index contributed by atoms with van der Waals surface area (Å²) in [5.41, 5.74) is 1.87. The molecule has 1 saturated heterocycles. The van der Waals surface area contributed by atoms with Crippen molar-refractivity contribution in [2.45, 2.75) is 50.0 Å². The molecule has 0 aromatic heterocycles. The van der Waals surface area contributed by atoms with Crippen molar-refractivity contribution in [2.75, 3.05) is 6.61 Å². The largest absolute Gasteiger partial charge is 0.378 e. The monoisotopic (exact) mass is 314 g/mol. The van der Waals surface area contributed by atoms with Crippen molar-refractivity contribution in [1.82, 2.24) is 0 Å². The van der Waals surface area contributed by atoms with Crippen molar-refractivity contribution in [2.24, 2.45) is 0 Å². The Morgan fingerprint density at radius 2 is 2.28 bits per heavy atom. The smallest absolute Gasteiger partial charge is 0.126 e. The van der Waals surface area contributed by atoms with Crippen LogP contribution in [0.1, 0.15) is 48.1 Å². The standard InChI is InChI=1S/C15H20BrFO/c1-11-10-12(5-8-15(11)17)14(16)7-6-13-4-2-3-9-18-13/h5,8,10,13-14H,2-4,6-7,9H2,1H3. The third-order valence-corrected chi connectivity index (χ3v) is 4.55. The van der Waals surface area contributed by atoms with Crippen molar-refractivity contribution in [3.05, 3.63) is 35.1 Å². The molecule has 0 aliphatic carbocycles. The summed E-state index contributed by atoms with van der Waals surface area (Å²) >= 11 is 3.69. The fourth-order valence-electron chi connectivity index (χ4n) is 2.40. The average molecular weight is 315 g/mol. The predicted molar refractivity (Wildman–Crippen MR) is 75.6 cm³/mol. The van der Waals surface area contributed by atoms with Crippen molar-refractivity contribution < 1.29 is 9.13 Å². The van der Waals surface area contributed by atoms with Crippen LogP contribution in [0.3, 0.4) is 0 Å². The molecule has 100 valence electrons. The van der Waals surface area contributed by atoms with Gasteiger partial charge < -0.3 is 4.74 Å². The molecular weight excluding hydrogens is 295 g/mol. The van der Waals surface area contributed by atoms with E-state index >= 15 is 0 Å². The van der Waals surface area contributed by atoms with Crippen LogP contribution in [0.15, 0.2) is 18.2 Å². The molecule has 18 heavy (non-hydrogen) atoms. The third kappa shape index (κ3) is 3.79. The third-order valence-electron chi connectivity index (χ3n) is 3.56. The number of alkyl halides is 1. The zero-order valence-electron chi connectivity index (χ0n) is 10.8. The Balaban J connectivity index is 1.86. The van der Waals surface area contributed by atoms with Crippen LogP contribution in [0.5, 0.6) is 0 Å². The zero-order chi connectivity index (χ0) is 13.0. The van der Waals surface area contributed by atoms with E-state index < -0.39 is 0 Å². The van der Waals surface area contributed by atoms with Gasteiger partial charge in [-0.2, -0.15) is 0 Å². The van der Waals surface area contributed by atoms with Gasteiger partial charge in [-0.3, -0.25) is 0 Å². The Labute approximate surface area is 117 Å². The minimum absolute atomic E-state index is 0.130. The van der Waals surface area contributed by atoms with Crippen molar-refractivity contribution in [1.29, 1.82) is 0 Å². The maximum Gasteiger partial charge on any atom is 0.126 e. The Bertz CT molecular complexity index is 388. The number of hydrogen-bond donors (Lipinski definition) is 0. The second-order valence-corrected chi connectivity index (χ2v) is 6.15. The SMILES string of the molecule is Cc1cc(C(Br)CCC2CCCCO2)ccc1F. The van der Waals surface area contributed by atoms with E-state index in [1.54, 1.807) is 6.07 Å². The number of rotatable bonds is 4. The van der Waals surface area contributed by atoms with Gasteiger partial charge in [-0.1, -0.05) is 28.1 Å². The van der Waals surface area contributed by atoms with Gasteiger partial charge in [0.1, 0.15) is 5.82 Å². The highest BCUT2D eigenvalue weighted by Crippen LogP contribution is 2.31. The molecule has 0 N–H and O–H groups in total. The maximum absolute atomic E-state index is 13.2. The van der Waals surface area contributed by atoms with Crippen LogP contribution in [0.4, 0.5) is 4.39 Å². The predicted octanol–water partition coefficient (Wildman–Crippen LogP) is 4.92. The van der Waals surface area contributed by atoms with Crippen molar-refractivity contribution in [3.8, 4) is 0 Å². The first-order chi connectivity index (χ1) is 8.66. The van der Waals surface area contributed by atoms with Crippen LogP contribution in [0, 0.1) is 12.7 Å². The summed E-state index contributed by atoms with van der Waals surface area (Å²) in [6, 6.07) is 5.34. The maximum atomic E-state index is 13.2. The van der Waals surface area contributed by atoms with Gasteiger partial charge in [-0.25, -0.2) is 4.39 Å². The summed E-state index contributed by atoms with van der Waals surface area (Å²) in [5.74, 6) is -0.130. The van der Waals surface area contributed by atoms with Crippen LogP contribution in [0.2, 0.25) is 0 Å². The quantitative estimate of drug-likeness (QED) is 0.717. The van der Waals surface area contributed by atoms with Gasteiger partial charge in [0, 0.05) is 11.4 Å². The van der Waals surface area contributed by atoms with E-state index in [9.17, 15) is 4.39 Å². The molecule has 2 atom stereocenters. The first-order valence-corrected chi connectivity index (χ1v) is 7.60.